The largest absolute Gasteiger partial charge is 0.455 e. The average Bonchev–Trinajstić information content (AvgIpc) is 3.42. The topological polar surface area (TPSA) is 65.0 Å². The predicted molar refractivity (Wildman–Crippen MR) is 119 cm³/mol. The van der Waals surface area contributed by atoms with Gasteiger partial charge >= 0.3 is 5.97 Å². The van der Waals surface area contributed by atoms with Gasteiger partial charge in [0, 0.05) is 19.6 Å². The van der Waals surface area contributed by atoms with Crippen molar-refractivity contribution in [2.45, 2.75) is 37.8 Å². The maximum atomic E-state index is 12.1. The van der Waals surface area contributed by atoms with Crippen LogP contribution in [0.2, 0.25) is 5.04 Å². The van der Waals surface area contributed by atoms with Gasteiger partial charge in [-0.1, -0.05) is 81.4 Å². The fraction of sp³-hybridized carbons (Fsp3) is 0.458. The number of methoxy groups -OCH3 is 1. The van der Waals surface area contributed by atoms with Crippen molar-refractivity contribution in [3.05, 3.63) is 60.7 Å². The van der Waals surface area contributed by atoms with Crippen LogP contribution in [-0.2, 0) is 18.7 Å². The SMILES string of the molecule is COCC(=O)O[C@@]1(CO[Si](c2ccccc2)(c2ccccc2)C(C)(C)C)C[C@@H]1CO. The number of hydrogen-bond acceptors (Lipinski definition) is 5. The zero-order valence-electron chi connectivity index (χ0n) is 18.3. The van der Waals surface area contributed by atoms with Gasteiger partial charge in [-0.2, -0.15) is 0 Å². The summed E-state index contributed by atoms with van der Waals surface area (Å²) in [5.41, 5.74) is -0.794. The van der Waals surface area contributed by atoms with E-state index in [1.54, 1.807) is 0 Å². The maximum absolute atomic E-state index is 12.1. The summed E-state index contributed by atoms with van der Waals surface area (Å²) in [5, 5.41) is 11.9. The lowest BCUT2D eigenvalue weighted by molar-refractivity contribution is -0.159. The molecule has 2 atom stereocenters. The van der Waals surface area contributed by atoms with Crippen molar-refractivity contribution in [1.82, 2.24) is 0 Å². The first-order chi connectivity index (χ1) is 14.3. The Morgan fingerprint density at radius 1 is 1.07 bits per heavy atom. The number of esters is 1. The normalized spacial score (nSPS) is 21.3. The number of ether oxygens (including phenoxy) is 2. The monoisotopic (exact) mass is 428 g/mol. The first kappa shape index (κ1) is 22.7. The molecule has 0 spiro atoms. The van der Waals surface area contributed by atoms with E-state index in [4.69, 9.17) is 13.9 Å². The van der Waals surface area contributed by atoms with E-state index in [2.05, 4.69) is 45.0 Å². The second-order valence-electron chi connectivity index (χ2n) is 9.01. The Balaban J connectivity index is 2.00. The van der Waals surface area contributed by atoms with Gasteiger partial charge in [-0.3, -0.25) is 0 Å². The molecule has 0 unspecified atom stereocenters. The highest BCUT2D eigenvalue weighted by atomic mass is 28.4. The van der Waals surface area contributed by atoms with E-state index in [0.29, 0.717) is 6.42 Å². The summed E-state index contributed by atoms with van der Waals surface area (Å²) in [6, 6.07) is 20.7. The molecule has 1 N–H and O–H groups in total. The van der Waals surface area contributed by atoms with E-state index >= 15 is 0 Å². The molecule has 1 aliphatic rings. The van der Waals surface area contributed by atoms with Crippen LogP contribution in [0.4, 0.5) is 0 Å². The minimum Gasteiger partial charge on any atom is -0.455 e. The quantitative estimate of drug-likeness (QED) is 0.491. The van der Waals surface area contributed by atoms with Crippen molar-refractivity contribution in [1.29, 1.82) is 0 Å². The molecule has 30 heavy (non-hydrogen) atoms. The van der Waals surface area contributed by atoms with E-state index in [9.17, 15) is 9.90 Å². The molecule has 0 bridgehead atoms. The molecular formula is C24H32O5Si. The number of aliphatic hydroxyl groups excluding tert-OH is 1. The summed E-state index contributed by atoms with van der Waals surface area (Å²) in [6.45, 7) is 6.72. The molecule has 0 aromatic heterocycles. The van der Waals surface area contributed by atoms with Gasteiger partial charge in [0.2, 0.25) is 0 Å². The Bertz CT molecular complexity index is 794. The zero-order chi connectivity index (χ0) is 21.8. The third-order valence-electron chi connectivity index (χ3n) is 5.93. The summed E-state index contributed by atoms with van der Waals surface area (Å²) in [6.07, 6.45) is 0.594. The van der Waals surface area contributed by atoms with E-state index in [1.807, 2.05) is 36.4 Å². The van der Waals surface area contributed by atoms with Crippen molar-refractivity contribution < 1.29 is 23.8 Å². The van der Waals surface area contributed by atoms with Gasteiger partial charge in [0.15, 0.2) is 0 Å². The van der Waals surface area contributed by atoms with Gasteiger partial charge in [0.1, 0.15) is 12.2 Å². The van der Waals surface area contributed by atoms with Gasteiger partial charge < -0.3 is 19.0 Å². The molecule has 6 heteroatoms. The zero-order valence-corrected chi connectivity index (χ0v) is 19.3. The summed E-state index contributed by atoms with van der Waals surface area (Å²) in [4.78, 5) is 12.1. The van der Waals surface area contributed by atoms with Gasteiger partial charge in [-0.05, 0) is 21.8 Å². The Kier molecular flexibility index (Phi) is 6.82. The molecule has 0 saturated heterocycles. The lowest BCUT2D eigenvalue weighted by atomic mass is 10.2. The van der Waals surface area contributed by atoms with Gasteiger partial charge in [-0.15, -0.1) is 0 Å². The van der Waals surface area contributed by atoms with Crippen molar-refractivity contribution in [3.8, 4) is 0 Å². The average molecular weight is 429 g/mol. The molecule has 162 valence electrons. The molecule has 2 aromatic carbocycles. The number of benzene rings is 2. The maximum Gasteiger partial charge on any atom is 0.332 e. The van der Waals surface area contributed by atoms with E-state index in [1.165, 1.54) is 17.5 Å². The highest BCUT2D eigenvalue weighted by Crippen LogP contribution is 2.48. The van der Waals surface area contributed by atoms with Crippen LogP contribution in [0.5, 0.6) is 0 Å². The van der Waals surface area contributed by atoms with Crippen LogP contribution >= 0.6 is 0 Å². The highest BCUT2D eigenvalue weighted by molar-refractivity contribution is 6.99. The fourth-order valence-corrected chi connectivity index (χ4v) is 8.90. The molecule has 0 heterocycles. The molecule has 1 fully saturated rings. The lowest BCUT2D eigenvalue weighted by Crippen LogP contribution is -2.67. The predicted octanol–water partition coefficient (Wildman–Crippen LogP) is 2.50. The summed E-state index contributed by atoms with van der Waals surface area (Å²) >= 11 is 0. The van der Waals surface area contributed by atoms with Crippen molar-refractivity contribution in [3.63, 3.8) is 0 Å². The Morgan fingerprint density at radius 3 is 2.00 bits per heavy atom. The van der Waals surface area contributed by atoms with Crippen molar-refractivity contribution in [2.75, 3.05) is 26.9 Å². The van der Waals surface area contributed by atoms with E-state index in [0.717, 1.165) is 0 Å². The summed E-state index contributed by atoms with van der Waals surface area (Å²) in [7, 11) is -1.27. The Labute approximate surface area is 180 Å². The Morgan fingerprint density at radius 2 is 1.60 bits per heavy atom. The minimum absolute atomic E-state index is 0.0373. The van der Waals surface area contributed by atoms with E-state index < -0.39 is 19.9 Å². The van der Waals surface area contributed by atoms with Crippen LogP contribution < -0.4 is 10.4 Å². The molecular weight excluding hydrogens is 396 g/mol. The second-order valence-corrected chi connectivity index (χ2v) is 13.3. The molecule has 1 aliphatic carbocycles. The third-order valence-corrected chi connectivity index (χ3v) is 10.9. The number of aliphatic hydroxyl groups is 1. The molecule has 3 rings (SSSR count). The standard InChI is InChI=1S/C24H32O5Si/c1-23(2,3)30(20-11-7-5-8-12-20,21-13-9-6-10-14-21)28-18-24(15-19(24)16-25)29-22(26)17-27-4/h5-14,19,25H,15-18H2,1-4H3/t19-,24-/m1/s1. The molecule has 0 aliphatic heterocycles. The first-order valence-electron chi connectivity index (χ1n) is 10.4. The number of rotatable bonds is 9. The molecule has 2 aromatic rings. The summed E-state index contributed by atoms with van der Waals surface area (Å²) < 4.78 is 17.6. The van der Waals surface area contributed by atoms with Crippen LogP contribution in [0.25, 0.3) is 0 Å². The molecule has 0 amide bonds. The number of hydrogen-bond donors (Lipinski definition) is 1. The van der Waals surface area contributed by atoms with Gasteiger partial charge in [0.05, 0.1) is 6.61 Å². The van der Waals surface area contributed by atoms with Gasteiger partial charge in [0.25, 0.3) is 8.32 Å². The van der Waals surface area contributed by atoms with Crippen LogP contribution in [0, 0.1) is 5.92 Å². The minimum atomic E-state index is -2.74. The van der Waals surface area contributed by atoms with Crippen LogP contribution in [0.1, 0.15) is 27.2 Å². The second kappa shape index (κ2) is 9.02. The fourth-order valence-electron chi connectivity index (χ4n) is 4.29. The first-order valence-corrected chi connectivity index (χ1v) is 12.3. The van der Waals surface area contributed by atoms with Crippen LogP contribution in [-0.4, -0.2) is 51.9 Å². The lowest BCUT2D eigenvalue weighted by Gasteiger charge is -2.43. The molecule has 1 saturated carbocycles. The van der Waals surface area contributed by atoms with Crippen LogP contribution in [0.15, 0.2) is 60.7 Å². The Hall–Kier alpha value is -1.99. The molecule has 5 nitrogen and oxygen atoms in total. The highest BCUT2D eigenvalue weighted by Gasteiger charge is 2.60. The van der Waals surface area contributed by atoms with E-state index in [-0.39, 0.29) is 30.8 Å². The van der Waals surface area contributed by atoms with Crippen molar-refractivity contribution in [2.24, 2.45) is 5.92 Å². The summed E-state index contributed by atoms with van der Waals surface area (Å²) in [5.74, 6) is -0.545. The third kappa shape index (κ3) is 4.37. The molecule has 0 radical (unpaired) electrons. The van der Waals surface area contributed by atoms with Gasteiger partial charge in [-0.25, -0.2) is 4.79 Å². The van der Waals surface area contributed by atoms with Crippen LogP contribution in [0.3, 0.4) is 0 Å². The number of carbonyl (C=O) groups is 1. The smallest absolute Gasteiger partial charge is 0.332 e. The van der Waals surface area contributed by atoms with Crippen molar-refractivity contribution >= 4 is 24.7 Å². The number of carbonyl (C=O) groups excluding carboxylic acids is 1.